The van der Waals surface area contributed by atoms with Crippen LogP contribution in [0.2, 0.25) is 0 Å². The molecule has 0 aliphatic heterocycles. The van der Waals surface area contributed by atoms with E-state index in [9.17, 15) is 23.1 Å². The molecule has 2 rings (SSSR count). The lowest BCUT2D eigenvalue weighted by molar-refractivity contribution is -0.138. The number of phenolic OH excluding ortho intramolecular Hbond substituents is 1. The zero-order chi connectivity index (χ0) is 19.5. The molecule has 2 N–H and O–H groups in total. The maximum atomic E-state index is 12.8. The maximum absolute atomic E-state index is 12.8. The van der Waals surface area contributed by atoms with Crippen LogP contribution in [0.5, 0.6) is 11.5 Å². The maximum Gasteiger partial charge on any atom is 0.420 e. The number of carbonyl (C=O) groups excluding carboxylic acids is 1. The number of halogens is 3. The van der Waals surface area contributed by atoms with E-state index >= 15 is 0 Å². The fourth-order valence-electron chi connectivity index (χ4n) is 2.39. The van der Waals surface area contributed by atoms with Gasteiger partial charge in [0.1, 0.15) is 11.5 Å². The van der Waals surface area contributed by atoms with Gasteiger partial charge in [-0.2, -0.15) is 13.2 Å². The Morgan fingerprint density at radius 2 is 1.73 bits per heavy atom. The molecule has 0 radical (unpaired) electrons. The van der Waals surface area contributed by atoms with Gasteiger partial charge in [0.15, 0.2) is 6.61 Å². The highest BCUT2D eigenvalue weighted by atomic mass is 19.4. The van der Waals surface area contributed by atoms with Crippen molar-refractivity contribution in [2.75, 3.05) is 11.9 Å². The SMILES string of the molecule is CC(C)(C)c1ccccc1OCC(=O)Nc1ccc(O)c(C(F)(F)F)c1. The number of rotatable bonds is 4. The van der Waals surface area contributed by atoms with E-state index in [1.165, 1.54) is 6.07 Å². The molecular weight excluding hydrogens is 347 g/mol. The van der Waals surface area contributed by atoms with Crippen LogP contribution in [0, 0.1) is 0 Å². The Hall–Kier alpha value is -2.70. The number of benzene rings is 2. The van der Waals surface area contributed by atoms with Gasteiger partial charge in [0, 0.05) is 5.69 Å². The van der Waals surface area contributed by atoms with Crippen molar-refractivity contribution in [1.82, 2.24) is 0 Å². The molecule has 26 heavy (non-hydrogen) atoms. The second-order valence-corrected chi connectivity index (χ2v) is 6.81. The monoisotopic (exact) mass is 367 g/mol. The van der Waals surface area contributed by atoms with Gasteiger partial charge < -0.3 is 15.2 Å². The summed E-state index contributed by atoms with van der Waals surface area (Å²) in [5.74, 6) is -0.963. The lowest BCUT2D eigenvalue weighted by Gasteiger charge is -2.22. The first kappa shape index (κ1) is 19.6. The highest BCUT2D eigenvalue weighted by molar-refractivity contribution is 5.92. The first-order valence-corrected chi connectivity index (χ1v) is 7.91. The van der Waals surface area contributed by atoms with Gasteiger partial charge in [-0.3, -0.25) is 4.79 Å². The number of phenols is 1. The Kier molecular flexibility index (Phi) is 5.49. The Labute approximate surface area is 149 Å². The second-order valence-electron chi connectivity index (χ2n) is 6.81. The molecule has 140 valence electrons. The van der Waals surface area contributed by atoms with Gasteiger partial charge in [0.2, 0.25) is 0 Å². The molecule has 2 aromatic rings. The molecule has 0 atom stereocenters. The van der Waals surface area contributed by atoms with Crippen molar-refractivity contribution in [1.29, 1.82) is 0 Å². The number of hydrogen-bond acceptors (Lipinski definition) is 3. The Morgan fingerprint density at radius 3 is 2.35 bits per heavy atom. The van der Waals surface area contributed by atoms with Crippen molar-refractivity contribution in [2.45, 2.75) is 32.4 Å². The Balaban J connectivity index is 2.07. The van der Waals surface area contributed by atoms with E-state index in [1.54, 1.807) is 12.1 Å². The van der Waals surface area contributed by atoms with E-state index in [2.05, 4.69) is 5.32 Å². The van der Waals surface area contributed by atoms with Gasteiger partial charge in [0.25, 0.3) is 5.91 Å². The van der Waals surface area contributed by atoms with Gasteiger partial charge in [0.05, 0.1) is 5.56 Å². The number of para-hydroxylation sites is 1. The fourth-order valence-corrected chi connectivity index (χ4v) is 2.39. The predicted molar refractivity (Wildman–Crippen MR) is 92.4 cm³/mol. The first-order chi connectivity index (χ1) is 12.0. The van der Waals surface area contributed by atoms with E-state index < -0.39 is 23.4 Å². The third-order valence-corrected chi connectivity index (χ3v) is 3.64. The highest BCUT2D eigenvalue weighted by Crippen LogP contribution is 2.37. The summed E-state index contributed by atoms with van der Waals surface area (Å²) in [6.45, 7) is 5.66. The molecule has 0 bridgehead atoms. The van der Waals surface area contributed by atoms with Gasteiger partial charge in [-0.1, -0.05) is 39.0 Å². The highest BCUT2D eigenvalue weighted by Gasteiger charge is 2.34. The lowest BCUT2D eigenvalue weighted by atomic mass is 9.86. The number of ether oxygens (including phenoxy) is 1. The fraction of sp³-hybridized carbons (Fsp3) is 0.316. The van der Waals surface area contributed by atoms with Crippen molar-refractivity contribution in [3.05, 3.63) is 53.6 Å². The zero-order valence-electron chi connectivity index (χ0n) is 14.6. The van der Waals surface area contributed by atoms with Crippen molar-refractivity contribution in [3.8, 4) is 11.5 Å². The summed E-state index contributed by atoms with van der Waals surface area (Å²) in [7, 11) is 0. The number of hydrogen-bond donors (Lipinski definition) is 2. The molecule has 0 aliphatic rings. The van der Waals surface area contributed by atoms with Crippen LogP contribution in [0.3, 0.4) is 0 Å². The van der Waals surface area contributed by atoms with E-state index in [1.807, 2.05) is 32.9 Å². The molecule has 0 spiro atoms. The number of carbonyl (C=O) groups is 1. The summed E-state index contributed by atoms with van der Waals surface area (Å²) in [5.41, 5.74) is -0.565. The van der Waals surface area contributed by atoms with Gasteiger partial charge in [-0.15, -0.1) is 0 Å². The molecule has 0 saturated carbocycles. The van der Waals surface area contributed by atoms with Crippen LogP contribution in [-0.2, 0) is 16.4 Å². The minimum Gasteiger partial charge on any atom is -0.507 e. The number of amides is 1. The van der Waals surface area contributed by atoms with Gasteiger partial charge >= 0.3 is 6.18 Å². The second kappa shape index (κ2) is 7.27. The molecule has 4 nitrogen and oxygen atoms in total. The summed E-state index contributed by atoms with van der Waals surface area (Å²) in [4.78, 5) is 12.0. The number of nitrogens with one attached hydrogen (secondary N) is 1. The average Bonchev–Trinajstić information content (AvgIpc) is 2.53. The smallest absolute Gasteiger partial charge is 0.420 e. The number of alkyl halides is 3. The molecule has 0 aromatic heterocycles. The molecule has 0 unspecified atom stereocenters. The summed E-state index contributed by atoms with van der Waals surface area (Å²) >= 11 is 0. The van der Waals surface area contributed by atoms with Crippen LogP contribution in [0.4, 0.5) is 18.9 Å². The third kappa shape index (κ3) is 4.91. The third-order valence-electron chi connectivity index (χ3n) is 3.64. The normalized spacial score (nSPS) is 11.9. The Morgan fingerprint density at radius 1 is 1.08 bits per heavy atom. The van der Waals surface area contributed by atoms with Crippen LogP contribution < -0.4 is 10.1 Å². The molecule has 0 heterocycles. The van der Waals surface area contributed by atoms with E-state index in [4.69, 9.17) is 4.74 Å². The van der Waals surface area contributed by atoms with Crippen molar-refractivity contribution >= 4 is 11.6 Å². The van der Waals surface area contributed by atoms with Crippen LogP contribution in [-0.4, -0.2) is 17.6 Å². The molecular formula is C19H20F3NO3. The van der Waals surface area contributed by atoms with Gasteiger partial charge in [-0.25, -0.2) is 0 Å². The van der Waals surface area contributed by atoms with Crippen molar-refractivity contribution in [2.24, 2.45) is 0 Å². The molecule has 0 saturated heterocycles. The molecule has 7 heteroatoms. The number of aromatic hydroxyl groups is 1. The van der Waals surface area contributed by atoms with E-state index in [0.29, 0.717) is 11.8 Å². The van der Waals surface area contributed by atoms with E-state index in [-0.39, 0.29) is 17.7 Å². The summed E-state index contributed by atoms with van der Waals surface area (Å²) in [6, 6.07) is 10.0. The summed E-state index contributed by atoms with van der Waals surface area (Å²) < 4.78 is 43.9. The summed E-state index contributed by atoms with van der Waals surface area (Å²) in [5, 5.41) is 11.6. The number of anilines is 1. The van der Waals surface area contributed by atoms with Crippen LogP contribution in [0.15, 0.2) is 42.5 Å². The van der Waals surface area contributed by atoms with Crippen LogP contribution in [0.1, 0.15) is 31.9 Å². The predicted octanol–water partition coefficient (Wildman–Crippen LogP) is 4.73. The van der Waals surface area contributed by atoms with Crippen molar-refractivity contribution < 1.29 is 27.8 Å². The first-order valence-electron chi connectivity index (χ1n) is 7.91. The molecule has 1 amide bonds. The lowest BCUT2D eigenvalue weighted by Crippen LogP contribution is -2.22. The minimum atomic E-state index is -4.72. The van der Waals surface area contributed by atoms with Crippen LogP contribution in [0.25, 0.3) is 0 Å². The zero-order valence-corrected chi connectivity index (χ0v) is 14.6. The standard InChI is InChI=1S/C19H20F3NO3/c1-18(2,3)13-6-4-5-7-16(13)26-11-17(25)23-12-8-9-15(24)14(10-12)19(20,21)22/h4-10,24H,11H2,1-3H3,(H,23,25). The summed E-state index contributed by atoms with van der Waals surface area (Å²) in [6.07, 6.45) is -4.72. The minimum absolute atomic E-state index is 0.0761. The largest absolute Gasteiger partial charge is 0.507 e. The average molecular weight is 367 g/mol. The molecule has 0 fully saturated rings. The van der Waals surface area contributed by atoms with Crippen molar-refractivity contribution in [3.63, 3.8) is 0 Å². The molecule has 0 aliphatic carbocycles. The molecule has 2 aromatic carbocycles. The topological polar surface area (TPSA) is 58.6 Å². The quantitative estimate of drug-likeness (QED) is 0.769. The Bertz CT molecular complexity index is 795. The van der Waals surface area contributed by atoms with Gasteiger partial charge in [-0.05, 0) is 35.2 Å². The van der Waals surface area contributed by atoms with E-state index in [0.717, 1.165) is 11.6 Å². The van der Waals surface area contributed by atoms with Crippen LogP contribution >= 0.6 is 0 Å².